The number of rotatable bonds is 1. The van der Waals surface area contributed by atoms with Crippen LogP contribution in [-0.2, 0) is 0 Å². The topological polar surface area (TPSA) is 52.0 Å². The molecule has 0 aromatic carbocycles. The van der Waals surface area contributed by atoms with Gasteiger partial charge >= 0.3 is 51.4 Å². The fourth-order valence-electron chi connectivity index (χ4n) is 0. The molecule has 0 rings (SSSR count). The third-order valence-electron chi connectivity index (χ3n) is 0.372. The first kappa shape index (κ1) is 10.5. The molecule has 0 aliphatic rings. The molecule has 4 N–H and O–H groups in total. The Bertz CT molecular complexity index is 26.9. The molecule has 0 aliphatic heterocycles. The zero-order valence-electron chi connectivity index (χ0n) is 5.44. The average Bonchev–Trinajstić information content (AvgIpc) is 1.38. The van der Waals surface area contributed by atoms with E-state index in [2.05, 4.69) is 0 Å². The average molecular weight is 114 g/mol. The van der Waals surface area contributed by atoms with Crippen LogP contribution in [0.2, 0.25) is 0 Å². The van der Waals surface area contributed by atoms with Gasteiger partial charge in [-0.25, -0.2) is 0 Å². The summed E-state index contributed by atoms with van der Waals surface area (Å²) in [5, 5.41) is 0. The van der Waals surface area contributed by atoms with Crippen molar-refractivity contribution >= 4 is 0 Å². The molecule has 0 aromatic heterocycles. The minimum atomic E-state index is 0. The van der Waals surface area contributed by atoms with Gasteiger partial charge in [0.2, 0.25) is 0 Å². The molecule has 0 spiro atoms. The summed E-state index contributed by atoms with van der Waals surface area (Å²) in [6.07, 6.45) is 0. The van der Waals surface area contributed by atoms with E-state index in [9.17, 15) is 0 Å². The minimum absolute atomic E-state index is 0. The number of nitrogens with two attached hydrogens (primary N) is 2. The summed E-state index contributed by atoms with van der Waals surface area (Å²) in [7, 11) is 0. The Labute approximate surface area is 82.6 Å². The van der Waals surface area contributed by atoms with Crippen molar-refractivity contribution in [3.63, 3.8) is 0 Å². The van der Waals surface area contributed by atoms with E-state index >= 15 is 0 Å². The molecular weight excluding hydrogens is 103 g/mol. The zero-order chi connectivity index (χ0) is 4.28. The van der Waals surface area contributed by atoms with E-state index in [0.717, 1.165) is 0 Å². The summed E-state index contributed by atoms with van der Waals surface area (Å²) in [5.74, 6) is 0. The Hall–Kier alpha value is 1.56. The van der Waals surface area contributed by atoms with Crippen LogP contribution in [0.1, 0.15) is 8.35 Å². The van der Waals surface area contributed by atoms with Crippen LogP contribution in [0.5, 0.6) is 0 Å². The second-order valence-corrected chi connectivity index (χ2v) is 1.21. The van der Waals surface area contributed by atoms with Gasteiger partial charge in [-0.1, -0.05) is 0 Å². The van der Waals surface area contributed by atoms with Crippen LogP contribution in [0.4, 0.5) is 0 Å². The molecule has 0 aliphatic carbocycles. The SMILES string of the molecule is CC(N)CN.[H-].[K+]. The quantitative estimate of drug-likeness (QED) is 0.346. The van der Waals surface area contributed by atoms with Gasteiger partial charge in [-0.3, -0.25) is 0 Å². The molecule has 0 saturated carbocycles. The summed E-state index contributed by atoms with van der Waals surface area (Å²) in [4.78, 5) is 0. The third kappa shape index (κ3) is 9.12. The van der Waals surface area contributed by atoms with Gasteiger partial charge in [0.1, 0.15) is 0 Å². The Morgan fingerprint density at radius 3 is 2.00 bits per heavy atom. The molecule has 0 bridgehead atoms. The second kappa shape index (κ2) is 6.56. The molecule has 0 radical (unpaired) electrons. The van der Waals surface area contributed by atoms with Crippen molar-refractivity contribution < 1.29 is 52.8 Å². The van der Waals surface area contributed by atoms with Gasteiger partial charge < -0.3 is 12.9 Å². The van der Waals surface area contributed by atoms with Crippen LogP contribution < -0.4 is 62.9 Å². The normalized spacial score (nSPS) is 12.5. The van der Waals surface area contributed by atoms with Crippen molar-refractivity contribution in [2.24, 2.45) is 11.5 Å². The Morgan fingerprint density at radius 2 is 2.00 bits per heavy atom. The maximum atomic E-state index is 5.17. The largest absolute Gasteiger partial charge is 1.00 e. The fourth-order valence-corrected chi connectivity index (χ4v) is 0. The van der Waals surface area contributed by atoms with Crippen LogP contribution in [-0.4, -0.2) is 12.6 Å². The van der Waals surface area contributed by atoms with E-state index in [1.54, 1.807) is 0 Å². The molecule has 6 heavy (non-hydrogen) atoms. The van der Waals surface area contributed by atoms with Crippen LogP contribution >= 0.6 is 0 Å². The summed E-state index contributed by atoms with van der Waals surface area (Å²) in [5.41, 5.74) is 10.2. The Balaban J connectivity index is -0.0000000800. The summed E-state index contributed by atoms with van der Waals surface area (Å²) >= 11 is 0. The van der Waals surface area contributed by atoms with E-state index in [4.69, 9.17) is 11.5 Å². The third-order valence-corrected chi connectivity index (χ3v) is 0.372. The summed E-state index contributed by atoms with van der Waals surface area (Å²) < 4.78 is 0. The predicted molar refractivity (Wildman–Crippen MR) is 23.8 cm³/mol. The van der Waals surface area contributed by atoms with Crippen molar-refractivity contribution in [2.75, 3.05) is 6.54 Å². The molecule has 0 amide bonds. The molecule has 0 aromatic rings. The van der Waals surface area contributed by atoms with Gasteiger partial charge in [0.05, 0.1) is 0 Å². The number of hydrogen-bond acceptors (Lipinski definition) is 2. The van der Waals surface area contributed by atoms with Crippen molar-refractivity contribution in [1.82, 2.24) is 0 Å². The van der Waals surface area contributed by atoms with Gasteiger partial charge in [-0.15, -0.1) is 0 Å². The molecule has 1 unspecified atom stereocenters. The molecule has 34 valence electrons. The first-order chi connectivity index (χ1) is 2.27. The summed E-state index contributed by atoms with van der Waals surface area (Å²) in [6, 6.07) is 0.162. The molecule has 0 fully saturated rings. The fraction of sp³-hybridized carbons (Fsp3) is 1.00. The van der Waals surface area contributed by atoms with E-state index in [1.165, 1.54) is 0 Å². The number of hydrogen-bond donors (Lipinski definition) is 2. The first-order valence-corrected chi connectivity index (χ1v) is 1.73. The van der Waals surface area contributed by atoms with Crippen LogP contribution in [0.25, 0.3) is 0 Å². The smallest absolute Gasteiger partial charge is 1.00 e. The van der Waals surface area contributed by atoms with E-state index in [1.807, 2.05) is 6.92 Å². The van der Waals surface area contributed by atoms with Gasteiger partial charge in [0.25, 0.3) is 0 Å². The molecule has 0 heterocycles. The van der Waals surface area contributed by atoms with Crippen LogP contribution in [0.15, 0.2) is 0 Å². The van der Waals surface area contributed by atoms with Gasteiger partial charge in [0, 0.05) is 12.6 Å². The monoisotopic (exact) mass is 114 g/mol. The summed E-state index contributed by atoms with van der Waals surface area (Å²) in [6.45, 7) is 2.46. The van der Waals surface area contributed by atoms with Gasteiger partial charge in [-0.2, -0.15) is 0 Å². The Morgan fingerprint density at radius 1 is 1.83 bits per heavy atom. The molecule has 2 nitrogen and oxygen atoms in total. The van der Waals surface area contributed by atoms with E-state index in [-0.39, 0.29) is 58.9 Å². The molecule has 1 atom stereocenters. The molecule has 3 heteroatoms. The second-order valence-electron chi connectivity index (χ2n) is 1.21. The van der Waals surface area contributed by atoms with Crippen molar-refractivity contribution in [3.05, 3.63) is 0 Å². The first-order valence-electron chi connectivity index (χ1n) is 1.73. The van der Waals surface area contributed by atoms with Crippen molar-refractivity contribution in [2.45, 2.75) is 13.0 Å². The Kier molecular flexibility index (Phi) is 11.5. The van der Waals surface area contributed by atoms with E-state index < -0.39 is 0 Å². The van der Waals surface area contributed by atoms with E-state index in [0.29, 0.717) is 6.54 Å². The predicted octanol–water partition coefficient (Wildman–Crippen LogP) is -3.59. The molecule has 0 saturated heterocycles. The maximum absolute atomic E-state index is 5.17. The van der Waals surface area contributed by atoms with Crippen LogP contribution in [0, 0.1) is 0 Å². The minimum Gasteiger partial charge on any atom is -1.00 e. The zero-order valence-corrected chi connectivity index (χ0v) is 7.56. The van der Waals surface area contributed by atoms with Gasteiger partial charge in [-0.05, 0) is 6.92 Å². The maximum Gasteiger partial charge on any atom is 1.00 e. The van der Waals surface area contributed by atoms with Gasteiger partial charge in [0.15, 0.2) is 0 Å². The standard InChI is InChI=1S/C3H10N2.K.H/c1-3(5)2-4;;/h3H,2,4-5H2,1H3;;/q;+1;-1. The van der Waals surface area contributed by atoms with Crippen LogP contribution in [0.3, 0.4) is 0 Å². The molecular formula is C3H11KN2. The van der Waals surface area contributed by atoms with Crippen molar-refractivity contribution in [1.29, 1.82) is 0 Å². The van der Waals surface area contributed by atoms with Crippen molar-refractivity contribution in [3.8, 4) is 0 Å².